The number of aryl methyl sites for hydroxylation is 1. The van der Waals surface area contributed by atoms with Gasteiger partial charge in [0.15, 0.2) is 16.4 Å². The Kier molecular flexibility index (Phi) is 4.39. The summed E-state index contributed by atoms with van der Waals surface area (Å²) in [7, 11) is -1.52. The Labute approximate surface area is 143 Å². The highest BCUT2D eigenvalue weighted by molar-refractivity contribution is 7.89. The number of ether oxygens (including phenoxy) is 2. The van der Waals surface area contributed by atoms with Crippen LogP contribution in [0.15, 0.2) is 44.9 Å². The average molecular weight is 367 g/mol. The van der Waals surface area contributed by atoms with Gasteiger partial charge in [0.25, 0.3) is 5.56 Å². The van der Waals surface area contributed by atoms with E-state index in [1.807, 2.05) is 0 Å². The van der Waals surface area contributed by atoms with Gasteiger partial charge >= 0.3 is 5.69 Å². The van der Waals surface area contributed by atoms with Crippen LogP contribution in [0.4, 0.5) is 0 Å². The third-order valence-electron chi connectivity index (χ3n) is 3.77. The lowest BCUT2D eigenvalue weighted by atomic mass is 10.2. The standard InChI is InChI=1S/C15H17N3O6S/c1-17-8-13(14(19)18(2)15(17)20)25(21,22)16-7-10-9-23-11-5-3-4-6-12(11)24-10/h3-6,8,10,16H,7,9H2,1-2H3/t10-/m1/s1. The van der Waals surface area contributed by atoms with Gasteiger partial charge in [0, 0.05) is 20.3 Å². The van der Waals surface area contributed by atoms with E-state index >= 15 is 0 Å². The third kappa shape index (κ3) is 3.30. The Morgan fingerprint density at radius 3 is 2.60 bits per heavy atom. The molecule has 0 unspecified atom stereocenters. The minimum Gasteiger partial charge on any atom is -0.486 e. The molecule has 0 fully saturated rings. The number of benzene rings is 1. The van der Waals surface area contributed by atoms with Gasteiger partial charge in [-0.1, -0.05) is 12.1 Å². The van der Waals surface area contributed by atoms with Crippen LogP contribution in [0.3, 0.4) is 0 Å². The normalized spacial score (nSPS) is 16.6. The van der Waals surface area contributed by atoms with Crippen molar-refractivity contribution >= 4 is 10.0 Å². The molecule has 9 nitrogen and oxygen atoms in total. The highest BCUT2D eigenvalue weighted by Gasteiger charge is 2.26. The minimum atomic E-state index is -4.11. The van der Waals surface area contributed by atoms with Crippen LogP contribution >= 0.6 is 0 Å². The molecule has 1 N–H and O–H groups in total. The van der Waals surface area contributed by atoms with Crippen molar-refractivity contribution in [2.75, 3.05) is 13.2 Å². The van der Waals surface area contributed by atoms with Gasteiger partial charge in [-0.3, -0.25) is 9.36 Å². The molecule has 25 heavy (non-hydrogen) atoms. The highest BCUT2D eigenvalue weighted by atomic mass is 32.2. The zero-order valence-electron chi connectivity index (χ0n) is 13.6. The lowest BCUT2D eigenvalue weighted by molar-refractivity contribution is 0.0943. The molecule has 0 radical (unpaired) electrons. The van der Waals surface area contributed by atoms with Gasteiger partial charge < -0.3 is 14.0 Å². The molecule has 1 atom stereocenters. The van der Waals surface area contributed by atoms with Crippen molar-refractivity contribution in [3.05, 3.63) is 51.3 Å². The Morgan fingerprint density at radius 1 is 1.20 bits per heavy atom. The first-order valence-corrected chi connectivity index (χ1v) is 8.93. The van der Waals surface area contributed by atoms with E-state index in [1.165, 1.54) is 14.1 Å². The third-order valence-corrected chi connectivity index (χ3v) is 5.18. The predicted octanol–water partition coefficient (Wildman–Crippen LogP) is -0.798. The summed E-state index contributed by atoms with van der Waals surface area (Å²) in [6, 6.07) is 7.06. The second kappa shape index (κ2) is 6.37. The summed E-state index contributed by atoms with van der Waals surface area (Å²) in [6.45, 7) is 0.0908. The van der Waals surface area contributed by atoms with Crippen LogP contribution in [0.1, 0.15) is 0 Å². The predicted molar refractivity (Wildman–Crippen MR) is 88.5 cm³/mol. The van der Waals surface area contributed by atoms with Crippen molar-refractivity contribution in [1.29, 1.82) is 0 Å². The van der Waals surface area contributed by atoms with Crippen molar-refractivity contribution in [2.45, 2.75) is 11.0 Å². The second-order valence-electron chi connectivity index (χ2n) is 5.60. The number of hydrogen-bond acceptors (Lipinski definition) is 6. The van der Waals surface area contributed by atoms with E-state index in [0.717, 1.165) is 15.3 Å². The molecule has 2 heterocycles. The van der Waals surface area contributed by atoms with Crippen LogP contribution in [0.25, 0.3) is 0 Å². The SMILES string of the molecule is Cn1cc(S(=O)(=O)NC[C@@H]2COc3ccccc3O2)c(=O)n(C)c1=O. The molecule has 1 aliphatic rings. The van der Waals surface area contributed by atoms with Crippen LogP contribution in [-0.2, 0) is 24.1 Å². The Bertz CT molecular complexity index is 1020. The van der Waals surface area contributed by atoms with Crippen LogP contribution in [0, 0.1) is 0 Å². The average Bonchev–Trinajstić information content (AvgIpc) is 2.61. The number of sulfonamides is 1. The van der Waals surface area contributed by atoms with Crippen LogP contribution in [0.2, 0.25) is 0 Å². The monoisotopic (exact) mass is 367 g/mol. The van der Waals surface area contributed by atoms with Crippen LogP contribution < -0.4 is 25.4 Å². The van der Waals surface area contributed by atoms with E-state index in [9.17, 15) is 18.0 Å². The first-order chi connectivity index (χ1) is 11.8. The largest absolute Gasteiger partial charge is 0.486 e. The van der Waals surface area contributed by atoms with E-state index in [0.29, 0.717) is 11.5 Å². The molecule has 10 heteroatoms. The molecule has 0 aliphatic carbocycles. The second-order valence-corrected chi connectivity index (χ2v) is 7.34. The van der Waals surface area contributed by atoms with Crippen LogP contribution in [0.5, 0.6) is 11.5 Å². The maximum atomic E-state index is 12.4. The molecule has 0 bridgehead atoms. The number of aromatic nitrogens is 2. The van der Waals surface area contributed by atoms with Crippen molar-refractivity contribution < 1.29 is 17.9 Å². The topological polar surface area (TPSA) is 109 Å². The Balaban J connectivity index is 1.78. The molecule has 1 aromatic heterocycles. The lowest BCUT2D eigenvalue weighted by Crippen LogP contribution is -2.44. The molecular weight excluding hydrogens is 350 g/mol. The molecule has 134 valence electrons. The number of fused-ring (bicyclic) bond motifs is 1. The number of hydrogen-bond donors (Lipinski definition) is 1. The molecule has 0 saturated heterocycles. The smallest absolute Gasteiger partial charge is 0.330 e. The quantitative estimate of drug-likeness (QED) is 0.758. The summed E-state index contributed by atoms with van der Waals surface area (Å²) in [6.07, 6.45) is 0.460. The first kappa shape index (κ1) is 17.2. The molecule has 0 spiro atoms. The Hall–Kier alpha value is -2.59. The molecule has 0 amide bonds. The van der Waals surface area contributed by atoms with Gasteiger partial charge in [-0.15, -0.1) is 0 Å². The van der Waals surface area contributed by atoms with E-state index < -0.39 is 32.3 Å². The van der Waals surface area contributed by atoms with E-state index in [1.54, 1.807) is 24.3 Å². The summed E-state index contributed by atoms with van der Waals surface area (Å²) >= 11 is 0. The highest BCUT2D eigenvalue weighted by Crippen LogP contribution is 2.30. The molecule has 2 aromatic rings. The summed E-state index contributed by atoms with van der Waals surface area (Å²) in [5, 5.41) is 0. The zero-order chi connectivity index (χ0) is 18.2. The number of nitrogens with one attached hydrogen (secondary N) is 1. The molecule has 1 aromatic carbocycles. The number of para-hydroxylation sites is 2. The molecular formula is C15H17N3O6S. The maximum Gasteiger partial charge on any atom is 0.330 e. The first-order valence-electron chi connectivity index (χ1n) is 7.44. The van der Waals surface area contributed by atoms with Crippen LogP contribution in [-0.4, -0.2) is 36.8 Å². The fourth-order valence-corrected chi connectivity index (χ4v) is 3.63. The fraction of sp³-hybridized carbons (Fsp3) is 0.333. The van der Waals surface area contributed by atoms with Crippen molar-refractivity contribution in [2.24, 2.45) is 14.1 Å². The van der Waals surface area contributed by atoms with E-state index in [4.69, 9.17) is 9.47 Å². The fourth-order valence-electron chi connectivity index (χ4n) is 2.40. The summed E-state index contributed by atoms with van der Waals surface area (Å²) in [5.41, 5.74) is -1.49. The van der Waals surface area contributed by atoms with Crippen molar-refractivity contribution in [1.82, 2.24) is 13.9 Å². The maximum absolute atomic E-state index is 12.4. The van der Waals surface area contributed by atoms with Gasteiger partial charge in [0.05, 0.1) is 6.54 Å². The van der Waals surface area contributed by atoms with Gasteiger partial charge in [-0.25, -0.2) is 17.9 Å². The van der Waals surface area contributed by atoms with Crippen molar-refractivity contribution in [3.8, 4) is 11.5 Å². The number of nitrogens with zero attached hydrogens (tertiary/aromatic N) is 2. The molecule has 3 rings (SSSR count). The van der Waals surface area contributed by atoms with E-state index in [2.05, 4.69) is 4.72 Å². The van der Waals surface area contributed by atoms with Gasteiger partial charge in [-0.2, -0.15) is 0 Å². The summed E-state index contributed by atoms with van der Waals surface area (Å²) in [4.78, 5) is 23.2. The van der Waals surface area contributed by atoms with Crippen molar-refractivity contribution in [3.63, 3.8) is 0 Å². The zero-order valence-corrected chi connectivity index (χ0v) is 14.4. The molecule has 1 aliphatic heterocycles. The van der Waals surface area contributed by atoms with Gasteiger partial charge in [-0.05, 0) is 12.1 Å². The number of rotatable bonds is 4. The van der Waals surface area contributed by atoms with Gasteiger partial charge in [0.1, 0.15) is 12.7 Å². The minimum absolute atomic E-state index is 0.0807. The Morgan fingerprint density at radius 2 is 1.88 bits per heavy atom. The van der Waals surface area contributed by atoms with E-state index in [-0.39, 0.29) is 13.2 Å². The summed E-state index contributed by atoms with van der Waals surface area (Å²) in [5.74, 6) is 1.12. The summed E-state index contributed by atoms with van der Waals surface area (Å²) < 4.78 is 40.1. The van der Waals surface area contributed by atoms with Gasteiger partial charge in [0.2, 0.25) is 10.0 Å². The lowest BCUT2D eigenvalue weighted by Gasteiger charge is -2.26. The molecule has 0 saturated carbocycles.